The molecule has 2 aromatic rings. The van der Waals surface area contributed by atoms with Crippen LogP contribution in [0.5, 0.6) is 17.2 Å². The van der Waals surface area contributed by atoms with Crippen LogP contribution in [0.4, 0.5) is 0 Å². The van der Waals surface area contributed by atoms with E-state index in [0.717, 1.165) is 0 Å². The molecule has 0 unspecified atom stereocenters. The van der Waals surface area contributed by atoms with Crippen molar-refractivity contribution in [2.45, 2.75) is 0 Å². The molecule has 0 atom stereocenters. The maximum absolute atomic E-state index is 10.4. The molecule has 0 aliphatic carbocycles. The number of carboxylic acids is 4. The molecule has 0 aliphatic rings. The second-order valence-corrected chi connectivity index (χ2v) is 5.32. The molecule has 4 N–H and O–H groups in total. The van der Waals surface area contributed by atoms with E-state index in [9.17, 15) is 19.2 Å². The van der Waals surface area contributed by atoms with Gasteiger partial charge in [0.05, 0.1) is 5.56 Å². The summed E-state index contributed by atoms with van der Waals surface area (Å²) in [5.74, 6) is -3.61. The third kappa shape index (κ3) is 9.60. The lowest BCUT2D eigenvalue weighted by atomic mass is 10.2. The van der Waals surface area contributed by atoms with Gasteiger partial charge in [-0.15, -0.1) is 0 Å². The largest absolute Gasteiger partial charge is 0.482 e. The quantitative estimate of drug-likeness (QED) is 0.436. The zero-order valence-electron chi connectivity index (χ0n) is 15.4. The number of benzene rings is 2. The highest BCUT2D eigenvalue weighted by atomic mass is 16.5. The average molecular weight is 422 g/mol. The Labute approximate surface area is 169 Å². The molecule has 0 bridgehead atoms. The number of hydrogen-bond acceptors (Lipinski definition) is 7. The van der Waals surface area contributed by atoms with Crippen molar-refractivity contribution in [2.24, 2.45) is 0 Å². The summed E-state index contributed by atoms with van der Waals surface area (Å²) in [6, 6.07) is 11.8. The van der Waals surface area contributed by atoms with E-state index in [2.05, 4.69) is 0 Å². The van der Waals surface area contributed by atoms with Gasteiger partial charge in [-0.2, -0.15) is 0 Å². The van der Waals surface area contributed by atoms with Crippen LogP contribution in [0.25, 0.3) is 0 Å². The number of rotatable bonds is 10. The van der Waals surface area contributed by atoms with Crippen molar-refractivity contribution < 1.29 is 53.8 Å². The fourth-order valence-corrected chi connectivity index (χ4v) is 1.81. The van der Waals surface area contributed by atoms with Crippen molar-refractivity contribution in [2.75, 3.05) is 19.8 Å². The van der Waals surface area contributed by atoms with E-state index in [4.69, 9.17) is 34.6 Å². The number of para-hydroxylation sites is 2. The third-order valence-electron chi connectivity index (χ3n) is 3.02. The van der Waals surface area contributed by atoms with Gasteiger partial charge in [-0.05, 0) is 36.4 Å². The number of carboxylic acid groups (broad SMARTS) is 4. The predicted molar refractivity (Wildman–Crippen MR) is 99.2 cm³/mol. The van der Waals surface area contributed by atoms with E-state index >= 15 is 0 Å². The average Bonchev–Trinajstić information content (AvgIpc) is 2.70. The summed E-state index contributed by atoms with van der Waals surface area (Å²) in [4.78, 5) is 41.2. The van der Waals surface area contributed by atoms with Crippen molar-refractivity contribution in [3.8, 4) is 17.2 Å². The summed E-state index contributed by atoms with van der Waals surface area (Å²) >= 11 is 0. The summed E-state index contributed by atoms with van der Waals surface area (Å²) in [5, 5.41) is 33.7. The molecule has 0 spiro atoms. The van der Waals surface area contributed by atoms with Gasteiger partial charge in [0.1, 0.15) is 5.75 Å². The summed E-state index contributed by atoms with van der Waals surface area (Å²) < 4.78 is 14.6. The van der Waals surface area contributed by atoms with Crippen molar-refractivity contribution in [3.63, 3.8) is 0 Å². The molecule has 0 saturated carbocycles. The first-order chi connectivity index (χ1) is 14.2. The number of ether oxygens (including phenoxy) is 3. The Bertz CT molecular complexity index is 837. The molecule has 0 aliphatic heterocycles. The Morgan fingerprint density at radius 3 is 1.37 bits per heavy atom. The van der Waals surface area contributed by atoms with E-state index in [1.807, 2.05) is 0 Å². The van der Waals surface area contributed by atoms with Crippen LogP contribution in [0.1, 0.15) is 10.4 Å². The number of hydrogen-bond donors (Lipinski definition) is 4. The fourth-order valence-electron chi connectivity index (χ4n) is 1.81. The second-order valence-electron chi connectivity index (χ2n) is 5.32. The molecule has 2 rings (SSSR count). The van der Waals surface area contributed by atoms with Crippen LogP contribution in [-0.2, 0) is 14.4 Å². The van der Waals surface area contributed by atoms with Crippen molar-refractivity contribution in [3.05, 3.63) is 54.1 Å². The molecule has 11 heteroatoms. The van der Waals surface area contributed by atoms with Gasteiger partial charge >= 0.3 is 23.9 Å². The smallest absolute Gasteiger partial charge is 0.341 e. The second kappa shape index (κ2) is 12.2. The zero-order valence-corrected chi connectivity index (χ0v) is 15.4. The van der Waals surface area contributed by atoms with Crippen LogP contribution < -0.4 is 14.2 Å². The van der Waals surface area contributed by atoms with Crippen LogP contribution in [-0.4, -0.2) is 64.1 Å². The fraction of sp³-hybridized carbons (Fsp3) is 0.158. The van der Waals surface area contributed by atoms with Crippen LogP contribution in [0.2, 0.25) is 0 Å². The summed E-state index contributed by atoms with van der Waals surface area (Å²) in [7, 11) is 0. The number of aliphatic carboxylic acids is 3. The molecular formula is C19H18O11. The van der Waals surface area contributed by atoms with Gasteiger partial charge in [0.25, 0.3) is 0 Å². The third-order valence-corrected chi connectivity index (χ3v) is 3.02. The van der Waals surface area contributed by atoms with Gasteiger partial charge in [0.2, 0.25) is 0 Å². The van der Waals surface area contributed by atoms with Crippen LogP contribution in [0.15, 0.2) is 48.5 Å². The van der Waals surface area contributed by atoms with E-state index < -0.39 is 43.7 Å². The first-order valence-corrected chi connectivity index (χ1v) is 8.15. The monoisotopic (exact) mass is 422 g/mol. The van der Waals surface area contributed by atoms with Gasteiger partial charge < -0.3 is 34.6 Å². The van der Waals surface area contributed by atoms with Crippen LogP contribution in [0, 0.1) is 0 Å². The lowest BCUT2D eigenvalue weighted by Gasteiger charge is -2.09. The van der Waals surface area contributed by atoms with E-state index in [-0.39, 0.29) is 17.1 Å². The molecule has 30 heavy (non-hydrogen) atoms. The topological polar surface area (TPSA) is 177 Å². The van der Waals surface area contributed by atoms with Crippen molar-refractivity contribution >= 4 is 23.9 Å². The number of aromatic carboxylic acids is 1. The number of carbonyl (C=O) groups is 4. The van der Waals surface area contributed by atoms with Gasteiger partial charge in [-0.3, -0.25) is 0 Å². The minimum atomic E-state index is -1.12. The lowest BCUT2D eigenvalue weighted by Crippen LogP contribution is -2.12. The maximum Gasteiger partial charge on any atom is 0.341 e. The molecule has 160 valence electrons. The zero-order chi connectivity index (χ0) is 22.5. The normalized spacial score (nSPS) is 9.47. The minimum Gasteiger partial charge on any atom is -0.482 e. The van der Waals surface area contributed by atoms with Crippen molar-refractivity contribution in [1.82, 2.24) is 0 Å². The Morgan fingerprint density at radius 2 is 1.00 bits per heavy atom. The molecule has 11 nitrogen and oxygen atoms in total. The highest BCUT2D eigenvalue weighted by Crippen LogP contribution is 2.26. The maximum atomic E-state index is 10.4. The summed E-state index contributed by atoms with van der Waals surface area (Å²) in [6.45, 7) is -1.45. The van der Waals surface area contributed by atoms with Crippen LogP contribution >= 0.6 is 0 Å². The molecule has 2 aromatic carbocycles. The summed E-state index contributed by atoms with van der Waals surface area (Å²) in [6.07, 6.45) is 0. The van der Waals surface area contributed by atoms with E-state index in [1.165, 1.54) is 36.4 Å². The Morgan fingerprint density at radius 1 is 0.600 bits per heavy atom. The van der Waals surface area contributed by atoms with E-state index in [1.54, 1.807) is 12.1 Å². The molecule has 0 saturated heterocycles. The molecule has 0 fully saturated rings. The van der Waals surface area contributed by atoms with Crippen LogP contribution in [0.3, 0.4) is 0 Å². The first kappa shape index (κ1) is 23.8. The highest BCUT2D eigenvalue weighted by Gasteiger charge is 2.08. The van der Waals surface area contributed by atoms with Crippen molar-refractivity contribution in [1.29, 1.82) is 0 Å². The molecule has 0 aromatic heterocycles. The Balaban J connectivity index is 0.000000303. The predicted octanol–water partition coefficient (Wildman–Crippen LogP) is 1.46. The van der Waals surface area contributed by atoms with Gasteiger partial charge in [-0.25, -0.2) is 19.2 Å². The SMILES string of the molecule is O=C(O)COc1ccc(C(=O)O)cc1.O=C(O)COc1ccccc1OCC(=O)O. The Kier molecular flexibility index (Phi) is 9.69. The molecule has 0 amide bonds. The standard InChI is InChI=1S/C10H10O6.C9H8O5/c11-9(12)5-15-7-3-1-2-4-8(7)16-6-10(13)14;10-8(11)5-14-7-3-1-6(2-4-7)9(12)13/h1-4H,5-6H2,(H,11,12)(H,13,14);1-4H,5H2,(H,10,11)(H,12,13). The highest BCUT2D eigenvalue weighted by molar-refractivity contribution is 5.87. The molecular weight excluding hydrogens is 404 g/mol. The van der Waals surface area contributed by atoms with Gasteiger partial charge in [0.15, 0.2) is 31.3 Å². The Hall–Kier alpha value is -4.28. The van der Waals surface area contributed by atoms with Gasteiger partial charge in [-0.1, -0.05) is 12.1 Å². The molecule has 0 radical (unpaired) electrons. The minimum absolute atomic E-state index is 0.132. The van der Waals surface area contributed by atoms with Gasteiger partial charge in [0, 0.05) is 0 Å². The lowest BCUT2D eigenvalue weighted by molar-refractivity contribution is -0.140. The summed E-state index contributed by atoms with van der Waals surface area (Å²) in [5.41, 5.74) is 0.132. The first-order valence-electron chi connectivity index (χ1n) is 8.15. The van der Waals surface area contributed by atoms with E-state index in [0.29, 0.717) is 5.75 Å². The molecule has 0 heterocycles.